The molecule has 144 valence electrons. The summed E-state index contributed by atoms with van der Waals surface area (Å²) in [5.41, 5.74) is 3.58. The molecule has 0 aliphatic carbocycles. The van der Waals surface area contributed by atoms with Gasteiger partial charge in [0.2, 0.25) is 0 Å². The lowest BCUT2D eigenvalue weighted by Crippen LogP contribution is -2.23. The van der Waals surface area contributed by atoms with E-state index in [9.17, 15) is 13.6 Å². The molecule has 0 atom stereocenters. The van der Waals surface area contributed by atoms with Crippen LogP contribution in [0.1, 0.15) is 15.9 Å². The Bertz CT molecular complexity index is 1160. The molecule has 0 spiro atoms. The van der Waals surface area contributed by atoms with E-state index < -0.39 is 17.5 Å². The quantitative estimate of drug-likeness (QED) is 0.463. The third kappa shape index (κ3) is 4.38. The molecule has 1 N–H and O–H groups in total. The van der Waals surface area contributed by atoms with Crippen LogP contribution in [-0.2, 0) is 6.54 Å². The zero-order valence-electron chi connectivity index (χ0n) is 15.2. The Hall–Kier alpha value is -3.38. The lowest BCUT2D eigenvalue weighted by Gasteiger charge is -2.07. The SMILES string of the molecule is O=C(NCc1cccc(-c2nc(-c3ccccc3)cs2)c1)c1ccc(F)cc1F. The Morgan fingerprint density at radius 1 is 0.931 bits per heavy atom. The van der Waals surface area contributed by atoms with Gasteiger partial charge in [-0.2, -0.15) is 0 Å². The molecule has 1 heterocycles. The second-order valence-electron chi connectivity index (χ2n) is 6.41. The molecule has 0 saturated heterocycles. The zero-order chi connectivity index (χ0) is 20.2. The van der Waals surface area contributed by atoms with Crippen LogP contribution in [0.15, 0.2) is 78.2 Å². The van der Waals surface area contributed by atoms with Crippen molar-refractivity contribution in [1.82, 2.24) is 10.3 Å². The summed E-state index contributed by atoms with van der Waals surface area (Å²) in [5, 5.41) is 5.55. The normalized spacial score (nSPS) is 10.7. The number of halogens is 2. The number of hydrogen-bond acceptors (Lipinski definition) is 3. The van der Waals surface area contributed by atoms with Crippen LogP contribution in [0.5, 0.6) is 0 Å². The lowest BCUT2D eigenvalue weighted by molar-refractivity contribution is 0.0947. The van der Waals surface area contributed by atoms with Gasteiger partial charge < -0.3 is 5.32 Å². The van der Waals surface area contributed by atoms with Gasteiger partial charge in [0.15, 0.2) is 0 Å². The Labute approximate surface area is 170 Å². The van der Waals surface area contributed by atoms with E-state index >= 15 is 0 Å². The van der Waals surface area contributed by atoms with Crippen LogP contribution in [0.2, 0.25) is 0 Å². The summed E-state index contributed by atoms with van der Waals surface area (Å²) >= 11 is 1.55. The van der Waals surface area contributed by atoms with E-state index in [1.807, 2.05) is 60.0 Å². The maximum atomic E-state index is 13.7. The number of benzene rings is 3. The second kappa shape index (κ2) is 8.32. The Morgan fingerprint density at radius 2 is 1.72 bits per heavy atom. The predicted molar refractivity (Wildman–Crippen MR) is 111 cm³/mol. The van der Waals surface area contributed by atoms with Crippen molar-refractivity contribution in [3.8, 4) is 21.8 Å². The van der Waals surface area contributed by atoms with Gasteiger partial charge in [-0.15, -0.1) is 11.3 Å². The predicted octanol–water partition coefficient (Wildman–Crippen LogP) is 5.69. The topological polar surface area (TPSA) is 42.0 Å². The van der Waals surface area contributed by atoms with Crippen molar-refractivity contribution in [1.29, 1.82) is 0 Å². The molecule has 1 amide bonds. The van der Waals surface area contributed by atoms with Gasteiger partial charge in [0.1, 0.15) is 16.6 Å². The minimum absolute atomic E-state index is 0.185. The zero-order valence-corrected chi connectivity index (χ0v) is 16.0. The highest BCUT2D eigenvalue weighted by atomic mass is 32.1. The van der Waals surface area contributed by atoms with Crippen molar-refractivity contribution >= 4 is 17.2 Å². The van der Waals surface area contributed by atoms with Crippen LogP contribution in [0, 0.1) is 11.6 Å². The summed E-state index contributed by atoms with van der Waals surface area (Å²) in [6.45, 7) is 0.223. The molecule has 0 radical (unpaired) electrons. The summed E-state index contributed by atoms with van der Waals surface area (Å²) in [5.74, 6) is -2.19. The molecule has 0 bridgehead atoms. The molecule has 1 aromatic heterocycles. The van der Waals surface area contributed by atoms with E-state index in [-0.39, 0.29) is 12.1 Å². The van der Waals surface area contributed by atoms with Crippen molar-refractivity contribution in [2.24, 2.45) is 0 Å². The van der Waals surface area contributed by atoms with Crippen LogP contribution in [0.4, 0.5) is 8.78 Å². The van der Waals surface area contributed by atoms with E-state index in [2.05, 4.69) is 5.32 Å². The minimum atomic E-state index is -0.882. The van der Waals surface area contributed by atoms with Crippen molar-refractivity contribution < 1.29 is 13.6 Å². The summed E-state index contributed by atoms with van der Waals surface area (Å²) in [6.07, 6.45) is 0. The highest BCUT2D eigenvalue weighted by molar-refractivity contribution is 7.13. The van der Waals surface area contributed by atoms with E-state index in [0.717, 1.165) is 39.5 Å². The number of hydrogen-bond donors (Lipinski definition) is 1. The van der Waals surface area contributed by atoms with Gasteiger partial charge in [0.25, 0.3) is 5.91 Å². The number of nitrogens with zero attached hydrogens (tertiary/aromatic N) is 1. The van der Waals surface area contributed by atoms with Gasteiger partial charge in [-0.05, 0) is 23.8 Å². The highest BCUT2D eigenvalue weighted by Crippen LogP contribution is 2.29. The molecule has 0 aliphatic rings. The average Bonchev–Trinajstić information content (AvgIpc) is 3.23. The number of carbonyl (C=O) groups excluding carboxylic acids is 1. The number of carbonyl (C=O) groups is 1. The van der Waals surface area contributed by atoms with Crippen LogP contribution in [0.25, 0.3) is 21.8 Å². The fraction of sp³-hybridized carbons (Fsp3) is 0.0435. The molecule has 4 aromatic rings. The minimum Gasteiger partial charge on any atom is -0.348 e. The fourth-order valence-corrected chi connectivity index (χ4v) is 3.74. The largest absolute Gasteiger partial charge is 0.348 e. The molecule has 6 heteroatoms. The van der Waals surface area contributed by atoms with Gasteiger partial charge in [-0.25, -0.2) is 13.8 Å². The van der Waals surface area contributed by atoms with Crippen LogP contribution in [-0.4, -0.2) is 10.9 Å². The first-order valence-corrected chi connectivity index (χ1v) is 9.81. The Kier molecular flexibility index (Phi) is 5.44. The van der Waals surface area contributed by atoms with Gasteiger partial charge >= 0.3 is 0 Å². The molecule has 0 fully saturated rings. The maximum absolute atomic E-state index is 13.7. The molecule has 0 aliphatic heterocycles. The second-order valence-corrected chi connectivity index (χ2v) is 7.27. The monoisotopic (exact) mass is 406 g/mol. The smallest absolute Gasteiger partial charge is 0.254 e. The number of thiazole rings is 1. The van der Waals surface area contributed by atoms with Crippen molar-refractivity contribution in [3.63, 3.8) is 0 Å². The van der Waals surface area contributed by atoms with E-state index in [1.165, 1.54) is 0 Å². The third-order valence-corrected chi connectivity index (χ3v) is 5.27. The molecule has 4 rings (SSSR count). The average molecular weight is 406 g/mol. The molecule has 0 saturated carbocycles. The van der Waals surface area contributed by atoms with Gasteiger partial charge in [0, 0.05) is 29.1 Å². The Balaban J connectivity index is 1.48. The molecule has 0 unspecified atom stereocenters. The number of amides is 1. The van der Waals surface area contributed by atoms with Crippen LogP contribution >= 0.6 is 11.3 Å². The van der Waals surface area contributed by atoms with Gasteiger partial charge in [-0.1, -0.05) is 48.5 Å². The van der Waals surface area contributed by atoms with Crippen molar-refractivity contribution in [2.45, 2.75) is 6.54 Å². The molecule has 3 aromatic carbocycles. The number of rotatable bonds is 5. The Morgan fingerprint density at radius 3 is 2.52 bits per heavy atom. The number of nitrogens with one attached hydrogen (secondary N) is 1. The molecule has 29 heavy (non-hydrogen) atoms. The van der Waals surface area contributed by atoms with Crippen LogP contribution in [0.3, 0.4) is 0 Å². The molecule has 3 nitrogen and oxygen atoms in total. The standard InChI is InChI=1S/C23H16F2N2OS/c24-18-9-10-19(20(25)12-18)22(28)26-13-15-5-4-8-17(11-15)23-27-21(14-29-23)16-6-2-1-3-7-16/h1-12,14H,13H2,(H,26,28). The third-order valence-electron chi connectivity index (χ3n) is 4.38. The summed E-state index contributed by atoms with van der Waals surface area (Å²) in [4.78, 5) is 16.9. The van der Waals surface area contributed by atoms with E-state index in [0.29, 0.717) is 6.07 Å². The van der Waals surface area contributed by atoms with E-state index in [1.54, 1.807) is 11.3 Å². The van der Waals surface area contributed by atoms with Gasteiger partial charge in [-0.3, -0.25) is 4.79 Å². The maximum Gasteiger partial charge on any atom is 0.254 e. The number of aromatic nitrogens is 1. The first-order chi connectivity index (χ1) is 14.1. The first-order valence-electron chi connectivity index (χ1n) is 8.93. The highest BCUT2D eigenvalue weighted by Gasteiger charge is 2.12. The van der Waals surface area contributed by atoms with Crippen molar-refractivity contribution in [3.05, 3.63) is 101 Å². The van der Waals surface area contributed by atoms with Crippen molar-refractivity contribution in [2.75, 3.05) is 0 Å². The molecular formula is C23H16F2N2OS. The fourth-order valence-electron chi connectivity index (χ4n) is 2.91. The van der Waals surface area contributed by atoms with Crippen LogP contribution < -0.4 is 5.32 Å². The lowest BCUT2D eigenvalue weighted by atomic mass is 10.1. The first kappa shape index (κ1) is 19.0. The summed E-state index contributed by atoms with van der Waals surface area (Å²) in [7, 11) is 0. The van der Waals surface area contributed by atoms with Gasteiger partial charge in [0.05, 0.1) is 11.3 Å². The summed E-state index contributed by atoms with van der Waals surface area (Å²) < 4.78 is 26.7. The molecular weight excluding hydrogens is 390 g/mol. The summed E-state index contributed by atoms with van der Waals surface area (Å²) in [6, 6.07) is 20.5. The van der Waals surface area contributed by atoms with E-state index in [4.69, 9.17) is 4.98 Å².